The molecule has 0 aromatic rings. The zero-order valence-electron chi connectivity index (χ0n) is 4.31. The molecule has 0 aromatic heterocycles. The summed E-state index contributed by atoms with van der Waals surface area (Å²) in [7, 11) is -5.84. The molecule has 9 heavy (non-hydrogen) atoms. The number of halogens is 3. The first-order chi connectivity index (χ1) is 3.25. The number of rotatable bonds is 0. The van der Waals surface area contributed by atoms with Crippen molar-refractivity contribution in [2.24, 2.45) is 0 Å². The van der Waals surface area contributed by atoms with Crippen LogP contribution in [-0.2, 0) is 10.1 Å². The Morgan fingerprint density at radius 1 is 1.22 bits per heavy atom. The second kappa shape index (κ2) is 3.20. The quantitative estimate of drug-likeness (QED) is 0.319. The Labute approximate surface area is 71.3 Å². The number of alkyl halides is 3. The zero-order chi connectivity index (χ0) is 7.00. The van der Waals surface area contributed by atoms with E-state index < -0.39 is 15.6 Å². The van der Waals surface area contributed by atoms with Crippen LogP contribution in [0.4, 0.5) is 13.2 Å². The van der Waals surface area contributed by atoms with Crippen LogP contribution in [0.15, 0.2) is 0 Å². The molecule has 0 heterocycles. The Balaban J connectivity index is 0. The fourth-order valence-corrected chi connectivity index (χ4v) is 0. The van der Waals surface area contributed by atoms with Crippen molar-refractivity contribution in [1.82, 2.24) is 0 Å². The fourth-order valence-electron chi connectivity index (χ4n) is 0. The maximum absolute atomic E-state index is 10.7. The van der Waals surface area contributed by atoms with Gasteiger partial charge in [0.2, 0.25) is 0 Å². The van der Waals surface area contributed by atoms with Crippen molar-refractivity contribution in [1.29, 1.82) is 0 Å². The van der Waals surface area contributed by atoms with E-state index in [1.165, 1.54) is 0 Å². The fraction of sp³-hybridized carbons (Fsp3) is 1.00. The Kier molecular flexibility index (Phi) is 4.40. The summed E-state index contributed by atoms with van der Waals surface area (Å²) >= 11 is 0. The van der Waals surface area contributed by atoms with E-state index in [0.717, 1.165) is 0 Å². The summed E-state index contributed by atoms with van der Waals surface area (Å²) in [4.78, 5) is 0. The third-order valence-corrected chi connectivity index (χ3v) is 0.877. The molecule has 0 atom stereocenters. The molecule has 0 saturated heterocycles. The normalized spacial score (nSPS) is 12.4. The van der Waals surface area contributed by atoms with Gasteiger partial charge in [-0.2, -0.15) is 21.6 Å². The summed E-state index contributed by atoms with van der Waals surface area (Å²) in [6.45, 7) is 0. The van der Waals surface area contributed by atoms with Gasteiger partial charge in [-0.1, -0.05) is 0 Å². The van der Waals surface area contributed by atoms with Gasteiger partial charge in [-0.3, -0.25) is 4.55 Å². The van der Waals surface area contributed by atoms with Crippen molar-refractivity contribution in [2.45, 2.75) is 5.51 Å². The second-order valence-electron chi connectivity index (χ2n) is 0.921. The van der Waals surface area contributed by atoms with Gasteiger partial charge in [-0.05, 0) is 0 Å². The van der Waals surface area contributed by atoms with Gasteiger partial charge in [-0.15, -0.1) is 0 Å². The molecule has 0 spiro atoms. The Morgan fingerprint density at radius 2 is 1.33 bits per heavy atom. The third-order valence-electron chi connectivity index (χ3n) is 0.292. The van der Waals surface area contributed by atoms with E-state index in [9.17, 15) is 13.2 Å². The largest absolute Gasteiger partial charge is 0.522 e. The smallest absolute Gasteiger partial charge is 0.279 e. The molecule has 0 aliphatic carbocycles. The minimum atomic E-state index is -5.84. The maximum Gasteiger partial charge on any atom is 0.522 e. The number of hydrogen-bond acceptors (Lipinski definition) is 2. The molecule has 3 nitrogen and oxygen atoms in total. The van der Waals surface area contributed by atoms with E-state index in [2.05, 4.69) is 0 Å². The summed E-state index contributed by atoms with van der Waals surface area (Å²) in [6, 6.07) is 0. The van der Waals surface area contributed by atoms with Crippen LogP contribution in [0.3, 0.4) is 0 Å². The van der Waals surface area contributed by atoms with Crippen LogP contribution in [-0.4, -0.2) is 48.0 Å². The molecule has 0 saturated carbocycles. The third kappa shape index (κ3) is 4.15. The summed E-state index contributed by atoms with van der Waals surface area (Å²) in [5.41, 5.74) is -5.53. The van der Waals surface area contributed by atoms with Crippen molar-refractivity contribution in [3.63, 3.8) is 0 Å². The van der Waals surface area contributed by atoms with E-state index in [1.54, 1.807) is 0 Å². The van der Waals surface area contributed by atoms with Crippen molar-refractivity contribution in [2.75, 3.05) is 0 Å². The molecule has 1 radical (unpaired) electrons. The van der Waals surface area contributed by atoms with E-state index in [1.807, 2.05) is 0 Å². The van der Waals surface area contributed by atoms with Crippen LogP contribution in [0.2, 0.25) is 0 Å². The Hall–Kier alpha value is 0.700. The van der Waals surface area contributed by atoms with Gasteiger partial charge in [0.1, 0.15) is 0 Å². The van der Waals surface area contributed by atoms with Crippen LogP contribution in [0.1, 0.15) is 0 Å². The molecule has 8 heteroatoms. The molecule has 51 valence electrons. The average Bonchev–Trinajstić information content (AvgIpc) is 1.25. The van der Waals surface area contributed by atoms with Gasteiger partial charge in [-0.25, -0.2) is 0 Å². The first-order valence-electron chi connectivity index (χ1n) is 1.29. The van der Waals surface area contributed by atoms with Gasteiger partial charge in [0, 0.05) is 29.6 Å². The molecule has 0 bridgehead atoms. The standard InChI is InChI=1S/CHF3O3S.Na/c2-1(3,4)8(5,6)7;/h(H,5,6,7);. The predicted molar refractivity (Wildman–Crippen MR) is 23.4 cm³/mol. The maximum atomic E-state index is 10.7. The second-order valence-corrected chi connectivity index (χ2v) is 2.33. The van der Waals surface area contributed by atoms with Crippen molar-refractivity contribution < 1.29 is 26.1 Å². The molecule has 0 aliphatic rings. The van der Waals surface area contributed by atoms with E-state index in [0.29, 0.717) is 0 Å². The SMILES string of the molecule is O=S(=O)(O)C(F)(F)F.[Na]. The molecule has 0 unspecified atom stereocenters. The molecule has 0 aromatic carbocycles. The molecule has 0 aliphatic heterocycles. The van der Waals surface area contributed by atoms with E-state index >= 15 is 0 Å². The van der Waals surface area contributed by atoms with Crippen molar-refractivity contribution in [3.8, 4) is 0 Å². The van der Waals surface area contributed by atoms with Gasteiger partial charge in [0.25, 0.3) is 0 Å². The van der Waals surface area contributed by atoms with Crippen LogP contribution in [0.5, 0.6) is 0 Å². The molecule has 1 N–H and O–H groups in total. The first-order valence-corrected chi connectivity index (χ1v) is 2.73. The van der Waals surface area contributed by atoms with Gasteiger partial charge < -0.3 is 0 Å². The van der Waals surface area contributed by atoms with Crippen LogP contribution in [0, 0.1) is 0 Å². The Bertz CT molecular complexity index is 168. The topological polar surface area (TPSA) is 54.4 Å². The average molecular weight is 173 g/mol. The minimum Gasteiger partial charge on any atom is -0.279 e. The molecular formula is CHF3NaO3S. The van der Waals surface area contributed by atoms with Crippen LogP contribution in [0.25, 0.3) is 0 Å². The molecular weight excluding hydrogens is 172 g/mol. The summed E-state index contributed by atoms with van der Waals surface area (Å²) in [5, 5.41) is 0. The number of hydrogen-bond donors (Lipinski definition) is 1. The predicted octanol–water partition coefficient (Wildman–Crippen LogP) is 0.0132. The van der Waals surface area contributed by atoms with Gasteiger partial charge >= 0.3 is 15.6 Å². The summed E-state index contributed by atoms with van der Waals surface area (Å²) < 4.78 is 57.5. The molecule has 0 amide bonds. The summed E-state index contributed by atoms with van der Waals surface area (Å²) in [5.74, 6) is 0. The first kappa shape index (κ1) is 12.4. The van der Waals surface area contributed by atoms with E-state index in [-0.39, 0.29) is 29.6 Å². The van der Waals surface area contributed by atoms with Crippen LogP contribution < -0.4 is 0 Å². The van der Waals surface area contributed by atoms with Gasteiger partial charge in [0.05, 0.1) is 0 Å². The monoisotopic (exact) mass is 173 g/mol. The van der Waals surface area contributed by atoms with Crippen molar-refractivity contribution in [3.05, 3.63) is 0 Å². The van der Waals surface area contributed by atoms with E-state index in [4.69, 9.17) is 13.0 Å². The Morgan fingerprint density at radius 3 is 1.33 bits per heavy atom. The minimum absolute atomic E-state index is 0. The summed E-state index contributed by atoms with van der Waals surface area (Å²) in [6.07, 6.45) is 0. The molecule has 0 fully saturated rings. The van der Waals surface area contributed by atoms with Crippen molar-refractivity contribution >= 4 is 39.7 Å². The van der Waals surface area contributed by atoms with Gasteiger partial charge in [0.15, 0.2) is 0 Å². The zero-order valence-corrected chi connectivity index (χ0v) is 7.12. The van der Waals surface area contributed by atoms with Crippen LogP contribution >= 0.6 is 0 Å². The molecule has 0 rings (SSSR count).